The quantitative estimate of drug-likeness (QED) is 0.655. The fourth-order valence-electron chi connectivity index (χ4n) is 3.37. The van der Waals surface area contributed by atoms with Gasteiger partial charge in [0.2, 0.25) is 0 Å². The first-order valence-corrected chi connectivity index (χ1v) is 8.60. The molecule has 0 spiro atoms. The number of rotatable bonds is 3. The van der Waals surface area contributed by atoms with E-state index in [-0.39, 0.29) is 5.91 Å². The van der Waals surface area contributed by atoms with Gasteiger partial charge in [0.15, 0.2) is 0 Å². The monoisotopic (exact) mass is 331 g/mol. The molecule has 2 aromatic carbocycles. The second kappa shape index (κ2) is 6.48. The molecule has 2 heterocycles. The largest absolute Gasteiger partial charge is 0.367 e. The highest BCUT2D eigenvalue weighted by Crippen LogP contribution is 2.34. The molecule has 1 amide bonds. The van der Waals surface area contributed by atoms with Crippen molar-refractivity contribution in [2.24, 2.45) is 0 Å². The molecule has 4 heteroatoms. The lowest BCUT2D eigenvalue weighted by molar-refractivity contribution is -0.110. The zero-order valence-electron chi connectivity index (χ0n) is 14.3. The maximum absolute atomic E-state index is 12.2. The molecule has 0 radical (unpaired) electrons. The molecule has 2 N–H and O–H groups in total. The lowest BCUT2D eigenvalue weighted by Crippen LogP contribution is -2.26. The fourth-order valence-corrected chi connectivity index (χ4v) is 3.37. The smallest absolute Gasteiger partial charge is 0.257 e. The van der Waals surface area contributed by atoms with Crippen molar-refractivity contribution < 1.29 is 4.79 Å². The molecule has 0 bridgehead atoms. The van der Waals surface area contributed by atoms with Gasteiger partial charge in [0, 0.05) is 41.9 Å². The molecule has 2 aliphatic heterocycles. The van der Waals surface area contributed by atoms with E-state index >= 15 is 0 Å². The maximum atomic E-state index is 12.2. The van der Waals surface area contributed by atoms with E-state index < -0.39 is 0 Å². The maximum Gasteiger partial charge on any atom is 0.257 e. The van der Waals surface area contributed by atoms with Crippen LogP contribution in [0.4, 0.5) is 17.1 Å². The third-order valence-electron chi connectivity index (χ3n) is 4.71. The molecule has 126 valence electrons. The Morgan fingerprint density at radius 1 is 1.12 bits per heavy atom. The standard InChI is InChI=1S/C21H21N3O/c1-15-6-5-7-19-20(15)18(21(25)23-19)14-22-16-8-10-17(11-9-16)24-12-3-2-4-13-24/h2-3,5-11,14,22H,4,12-13H2,1H3,(H,23,25)/b18-14+. The fraction of sp³-hybridized carbons (Fsp3) is 0.190. The van der Waals surface area contributed by atoms with Gasteiger partial charge >= 0.3 is 0 Å². The number of fused-ring (bicyclic) bond motifs is 1. The van der Waals surface area contributed by atoms with Crippen LogP contribution in [-0.2, 0) is 4.79 Å². The molecule has 0 aliphatic carbocycles. The first-order chi connectivity index (χ1) is 12.2. The lowest BCUT2D eigenvalue weighted by atomic mass is 10.0. The van der Waals surface area contributed by atoms with Gasteiger partial charge in [-0.25, -0.2) is 0 Å². The van der Waals surface area contributed by atoms with Crippen molar-refractivity contribution in [3.63, 3.8) is 0 Å². The van der Waals surface area contributed by atoms with Gasteiger partial charge < -0.3 is 15.5 Å². The Bertz CT molecular complexity index is 865. The van der Waals surface area contributed by atoms with Crippen LogP contribution in [-0.4, -0.2) is 19.0 Å². The molecule has 0 fully saturated rings. The van der Waals surface area contributed by atoms with Crippen LogP contribution < -0.4 is 15.5 Å². The number of nitrogens with zero attached hydrogens (tertiary/aromatic N) is 1. The Morgan fingerprint density at radius 3 is 2.72 bits per heavy atom. The summed E-state index contributed by atoms with van der Waals surface area (Å²) in [4.78, 5) is 14.6. The van der Waals surface area contributed by atoms with Crippen LogP contribution in [0.1, 0.15) is 17.5 Å². The van der Waals surface area contributed by atoms with E-state index in [4.69, 9.17) is 0 Å². The molecule has 2 aromatic rings. The molecule has 0 saturated carbocycles. The van der Waals surface area contributed by atoms with Crippen LogP contribution in [0.2, 0.25) is 0 Å². The van der Waals surface area contributed by atoms with Crippen molar-refractivity contribution in [3.05, 3.63) is 71.9 Å². The summed E-state index contributed by atoms with van der Waals surface area (Å²) >= 11 is 0. The van der Waals surface area contributed by atoms with Crippen molar-refractivity contribution in [1.29, 1.82) is 0 Å². The number of nitrogens with one attached hydrogen (secondary N) is 2. The Morgan fingerprint density at radius 2 is 1.96 bits per heavy atom. The average molecular weight is 331 g/mol. The molecule has 0 unspecified atom stereocenters. The summed E-state index contributed by atoms with van der Waals surface area (Å²) in [5.74, 6) is -0.0616. The number of carbonyl (C=O) groups excluding carboxylic acids is 1. The van der Waals surface area contributed by atoms with Gasteiger partial charge in [0.1, 0.15) is 0 Å². The van der Waals surface area contributed by atoms with Crippen LogP contribution in [0.5, 0.6) is 0 Å². The van der Waals surface area contributed by atoms with Crippen molar-refractivity contribution in [3.8, 4) is 0 Å². The molecule has 4 rings (SSSR count). The third kappa shape index (κ3) is 3.03. The summed E-state index contributed by atoms with van der Waals surface area (Å²) in [6.07, 6.45) is 7.33. The summed E-state index contributed by atoms with van der Waals surface area (Å²) in [6, 6.07) is 14.3. The van der Waals surface area contributed by atoms with Crippen molar-refractivity contribution in [2.75, 3.05) is 28.6 Å². The van der Waals surface area contributed by atoms with E-state index in [0.717, 1.165) is 42.0 Å². The topological polar surface area (TPSA) is 44.4 Å². The Hall–Kier alpha value is -3.01. The van der Waals surface area contributed by atoms with Crippen molar-refractivity contribution in [2.45, 2.75) is 13.3 Å². The molecular formula is C21H21N3O. The Labute approximate surface area is 147 Å². The van der Waals surface area contributed by atoms with Crippen molar-refractivity contribution >= 4 is 28.5 Å². The summed E-state index contributed by atoms with van der Waals surface area (Å²) in [7, 11) is 0. The molecule has 4 nitrogen and oxygen atoms in total. The van der Waals surface area contributed by atoms with Crippen LogP contribution >= 0.6 is 0 Å². The highest BCUT2D eigenvalue weighted by molar-refractivity contribution is 6.32. The number of hydrogen-bond donors (Lipinski definition) is 2. The Kier molecular flexibility index (Phi) is 4.02. The number of benzene rings is 2. The number of anilines is 3. The van der Waals surface area contributed by atoms with E-state index in [2.05, 4.69) is 52.0 Å². The van der Waals surface area contributed by atoms with Crippen molar-refractivity contribution in [1.82, 2.24) is 0 Å². The second-order valence-corrected chi connectivity index (χ2v) is 6.41. The van der Waals surface area contributed by atoms with Gasteiger partial charge in [-0.05, 0) is 49.2 Å². The van der Waals surface area contributed by atoms with Crippen LogP contribution in [0, 0.1) is 6.92 Å². The normalized spacial score (nSPS) is 17.6. The summed E-state index contributed by atoms with van der Waals surface area (Å²) in [6.45, 7) is 4.05. The zero-order valence-corrected chi connectivity index (χ0v) is 14.3. The zero-order chi connectivity index (χ0) is 17.2. The van der Waals surface area contributed by atoms with Gasteiger partial charge in [-0.3, -0.25) is 4.79 Å². The minimum absolute atomic E-state index is 0.0616. The first-order valence-electron chi connectivity index (χ1n) is 8.60. The van der Waals surface area contributed by atoms with Crippen LogP contribution in [0.25, 0.3) is 5.57 Å². The van der Waals surface area contributed by atoms with E-state index in [1.807, 2.05) is 25.1 Å². The van der Waals surface area contributed by atoms with Gasteiger partial charge in [0.05, 0.1) is 5.57 Å². The van der Waals surface area contributed by atoms with E-state index in [1.165, 1.54) is 5.69 Å². The van der Waals surface area contributed by atoms with Crippen LogP contribution in [0.15, 0.2) is 60.8 Å². The van der Waals surface area contributed by atoms with E-state index in [0.29, 0.717) is 5.57 Å². The molecule has 0 saturated heterocycles. The van der Waals surface area contributed by atoms with Gasteiger partial charge in [-0.15, -0.1) is 0 Å². The average Bonchev–Trinajstić information content (AvgIpc) is 2.98. The van der Waals surface area contributed by atoms with E-state index in [9.17, 15) is 4.79 Å². The number of amides is 1. The van der Waals surface area contributed by atoms with Gasteiger partial charge in [-0.2, -0.15) is 0 Å². The molecule has 25 heavy (non-hydrogen) atoms. The van der Waals surface area contributed by atoms with Gasteiger partial charge in [-0.1, -0.05) is 24.3 Å². The van der Waals surface area contributed by atoms with Gasteiger partial charge in [0.25, 0.3) is 5.91 Å². The predicted molar refractivity (Wildman–Crippen MR) is 104 cm³/mol. The number of hydrogen-bond acceptors (Lipinski definition) is 3. The minimum Gasteiger partial charge on any atom is -0.367 e. The Balaban J connectivity index is 1.53. The van der Waals surface area contributed by atoms with E-state index in [1.54, 1.807) is 6.20 Å². The second-order valence-electron chi connectivity index (χ2n) is 6.41. The molecule has 0 aromatic heterocycles. The lowest BCUT2D eigenvalue weighted by Gasteiger charge is -2.25. The summed E-state index contributed by atoms with van der Waals surface area (Å²) in [5, 5.41) is 6.18. The summed E-state index contributed by atoms with van der Waals surface area (Å²) in [5.41, 5.74) is 5.83. The highest BCUT2D eigenvalue weighted by atomic mass is 16.2. The number of carbonyl (C=O) groups is 1. The predicted octanol–water partition coefficient (Wildman–Crippen LogP) is 4.17. The summed E-state index contributed by atoms with van der Waals surface area (Å²) < 4.78 is 0. The first kappa shape index (κ1) is 15.5. The molecule has 2 aliphatic rings. The highest BCUT2D eigenvalue weighted by Gasteiger charge is 2.25. The minimum atomic E-state index is -0.0616. The third-order valence-corrected chi connectivity index (χ3v) is 4.71. The SMILES string of the molecule is Cc1cccc2c1/C(=C\Nc1ccc(N3CC=CCC3)cc1)C(=O)N2. The number of aryl methyl sites for hydroxylation is 1. The molecular weight excluding hydrogens is 310 g/mol. The van der Waals surface area contributed by atoms with Crippen LogP contribution in [0.3, 0.4) is 0 Å². The molecule has 0 atom stereocenters.